The summed E-state index contributed by atoms with van der Waals surface area (Å²) in [6, 6.07) is 14.0. The number of likely N-dealkylation sites (tertiary alicyclic amines) is 1. The molecule has 0 radical (unpaired) electrons. The standard InChI is InChI=1S/C39H51FN6O5/c1-5-34(48)43-36(39(50)44-22-19-31(20-23-44)51-30-10-8-7-9-11-30)27(4)29-16-17-33(32(40)24-29)42-38(49)37(28-14-12-26(3)13-15-28)45(25-47)35-18-21-41-46(35)6-2/h7-11,16-18,21,24-28,31,36-37H,5-6,12-15,19-20,22-23H2,1-4H3,(H,42,49)(H,43,48)/t26?,27-,28?,36+,37-/m0/s1. The Hall–Kier alpha value is -4.74. The van der Waals surface area contributed by atoms with Crippen molar-refractivity contribution in [2.45, 2.75) is 103 Å². The largest absolute Gasteiger partial charge is 0.490 e. The van der Waals surface area contributed by atoms with Gasteiger partial charge in [0.05, 0.1) is 11.9 Å². The smallest absolute Gasteiger partial charge is 0.247 e. The molecule has 12 heteroatoms. The Morgan fingerprint density at radius 3 is 2.35 bits per heavy atom. The van der Waals surface area contributed by atoms with Crippen molar-refractivity contribution in [3.63, 3.8) is 0 Å². The predicted molar refractivity (Wildman–Crippen MR) is 194 cm³/mol. The zero-order valence-corrected chi connectivity index (χ0v) is 30.1. The van der Waals surface area contributed by atoms with Crippen LogP contribution in [0.3, 0.4) is 0 Å². The van der Waals surface area contributed by atoms with Gasteiger partial charge in [0.1, 0.15) is 35.6 Å². The number of halogens is 1. The molecular formula is C39H51FN6O5. The van der Waals surface area contributed by atoms with Crippen molar-refractivity contribution in [2.24, 2.45) is 11.8 Å². The van der Waals surface area contributed by atoms with Crippen molar-refractivity contribution in [1.82, 2.24) is 20.0 Å². The third-order valence-corrected chi connectivity index (χ3v) is 10.4. The van der Waals surface area contributed by atoms with Crippen molar-refractivity contribution in [1.29, 1.82) is 0 Å². The Morgan fingerprint density at radius 1 is 1.02 bits per heavy atom. The van der Waals surface area contributed by atoms with Gasteiger partial charge in [0.2, 0.25) is 24.1 Å². The molecule has 1 saturated heterocycles. The first kappa shape index (κ1) is 37.5. The van der Waals surface area contributed by atoms with Crippen LogP contribution in [-0.4, -0.2) is 70.1 Å². The van der Waals surface area contributed by atoms with Crippen LogP contribution in [0.25, 0.3) is 0 Å². The van der Waals surface area contributed by atoms with Crippen molar-refractivity contribution >= 4 is 35.6 Å². The second kappa shape index (κ2) is 17.5. The highest BCUT2D eigenvalue weighted by Crippen LogP contribution is 2.35. The van der Waals surface area contributed by atoms with Crippen molar-refractivity contribution < 1.29 is 28.3 Å². The summed E-state index contributed by atoms with van der Waals surface area (Å²) in [5.74, 6) is -0.519. The molecule has 2 aliphatic rings. The molecule has 3 atom stereocenters. The van der Waals surface area contributed by atoms with Crippen LogP contribution in [0.5, 0.6) is 5.75 Å². The molecule has 11 nitrogen and oxygen atoms in total. The van der Waals surface area contributed by atoms with E-state index in [2.05, 4.69) is 22.7 Å². The summed E-state index contributed by atoms with van der Waals surface area (Å²) < 4.78 is 23.6. The number of hydrogen-bond acceptors (Lipinski definition) is 6. The molecule has 5 rings (SSSR count). The molecule has 1 aliphatic carbocycles. The fourth-order valence-corrected chi connectivity index (χ4v) is 7.29. The maximum atomic E-state index is 15.9. The number of amides is 4. The fourth-order valence-electron chi connectivity index (χ4n) is 7.29. The molecule has 1 aliphatic heterocycles. The number of hydrogen-bond donors (Lipinski definition) is 2. The van der Waals surface area contributed by atoms with Gasteiger partial charge in [-0.1, -0.05) is 57.9 Å². The molecule has 51 heavy (non-hydrogen) atoms. The van der Waals surface area contributed by atoms with Gasteiger partial charge >= 0.3 is 0 Å². The third kappa shape index (κ3) is 9.14. The Morgan fingerprint density at radius 2 is 1.73 bits per heavy atom. The first-order valence-corrected chi connectivity index (χ1v) is 18.3. The molecule has 1 aromatic heterocycles. The first-order chi connectivity index (χ1) is 24.6. The van der Waals surface area contributed by atoms with E-state index in [9.17, 15) is 19.2 Å². The van der Waals surface area contributed by atoms with Gasteiger partial charge in [-0.2, -0.15) is 5.10 Å². The number of carbonyl (C=O) groups is 4. The molecule has 1 saturated carbocycles. The van der Waals surface area contributed by atoms with Gasteiger partial charge < -0.3 is 20.3 Å². The number of piperidine rings is 1. The number of para-hydroxylation sites is 1. The van der Waals surface area contributed by atoms with Crippen LogP contribution in [0, 0.1) is 17.7 Å². The minimum absolute atomic E-state index is 0.0249. The van der Waals surface area contributed by atoms with Gasteiger partial charge in [-0.05, 0) is 61.4 Å². The van der Waals surface area contributed by atoms with Gasteiger partial charge in [-0.15, -0.1) is 0 Å². The molecule has 4 amide bonds. The summed E-state index contributed by atoms with van der Waals surface area (Å²) in [4.78, 5) is 56.2. The zero-order chi connectivity index (χ0) is 36.5. The van der Waals surface area contributed by atoms with Crippen LogP contribution in [0.2, 0.25) is 0 Å². The van der Waals surface area contributed by atoms with E-state index < -0.39 is 29.7 Å². The maximum absolute atomic E-state index is 15.9. The summed E-state index contributed by atoms with van der Waals surface area (Å²) >= 11 is 0. The van der Waals surface area contributed by atoms with Crippen LogP contribution in [-0.2, 0) is 25.7 Å². The van der Waals surface area contributed by atoms with E-state index >= 15 is 4.39 Å². The first-order valence-electron chi connectivity index (χ1n) is 18.3. The average molecular weight is 703 g/mol. The molecule has 2 heterocycles. The second-order valence-electron chi connectivity index (χ2n) is 13.9. The summed E-state index contributed by atoms with van der Waals surface area (Å²) in [6.07, 6.45) is 7.11. The Balaban J connectivity index is 1.31. The average Bonchev–Trinajstić information content (AvgIpc) is 3.63. The summed E-state index contributed by atoms with van der Waals surface area (Å²) in [6.45, 7) is 9.05. The van der Waals surface area contributed by atoms with E-state index in [1.807, 2.05) is 37.3 Å². The van der Waals surface area contributed by atoms with E-state index in [0.29, 0.717) is 56.2 Å². The highest BCUT2D eigenvalue weighted by Gasteiger charge is 2.38. The molecule has 2 aromatic carbocycles. The van der Waals surface area contributed by atoms with Crippen LogP contribution < -0.4 is 20.3 Å². The number of anilines is 2. The fraction of sp³-hybridized carbons (Fsp3) is 0.513. The van der Waals surface area contributed by atoms with Gasteiger partial charge in [0, 0.05) is 50.9 Å². The maximum Gasteiger partial charge on any atom is 0.247 e. The van der Waals surface area contributed by atoms with Crippen molar-refractivity contribution in [3.8, 4) is 5.75 Å². The second-order valence-corrected chi connectivity index (χ2v) is 13.9. The van der Waals surface area contributed by atoms with E-state index in [1.165, 1.54) is 17.0 Å². The summed E-state index contributed by atoms with van der Waals surface area (Å²) in [5, 5.41) is 9.93. The van der Waals surface area contributed by atoms with Crippen molar-refractivity contribution in [2.75, 3.05) is 23.3 Å². The molecular weight excluding hydrogens is 651 g/mol. The number of ether oxygens (including phenoxy) is 1. The molecule has 2 N–H and O–H groups in total. The molecule has 274 valence electrons. The quantitative estimate of drug-likeness (QED) is 0.202. The number of nitrogens with one attached hydrogen (secondary N) is 2. The van der Waals surface area contributed by atoms with E-state index in [0.717, 1.165) is 31.4 Å². The van der Waals surface area contributed by atoms with Crippen LogP contribution >= 0.6 is 0 Å². The summed E-state index contributed by atoms with van der Waals surface area (Å²) in [7, 11) is 0. The number of benzene rings is 2. The van der Waals surface area contributed by atoms with Crippen molar-refractivity contribution in [3.05, 3.63) is 72.2 Å². The Bertz CT molecular complexity index is 1630. The molecule has 0 bridgehead atoms. The van der Waals surface area contributed by atoms with Crippen LogP contribution in [0.1, 0.15) is 84.1 Å². The molecule has 0 spiro atoms. The lowest BCUT2D eigenvalue weighted by Gasteiger charge is -2.37. The Kier molecular flexibility index (Phi) is 12.8. The van der Waals surface area contributed by atoms with E-state index in [1.54, 1.807) is 41.8 Å². The molecule has 3 aromatic rings. The number of aromatic nitrogens is 2. The van der Waals surface area contributed by atoms with Crippen LogP contribution in [0.4, 0.5) is 15.9 Å². The number of nitrogens with zero attached hydrogens (tertiary/aromatic N) is 4. The normalized spacial score (nSPS) is 19.7. The highest BCUT2D eigenvalue weighted by atomic mass is 19.1. The predicted octanol–water partition coefficient (Wildman–Crippen LogP) is 5.91. The monoisotopic (exact) mass is 702 g/mol. The topological polar surface area (TPSA) is 126 Å². The highest BCUT2D eigenvalue weighted by molar-refractivity contribution is 6.00. The van der Waals surface area contributed by atoms with Gasteiger partial charge in [0.15, 0.2) is 0 Å². The lowest BCUT2D eigenvalue weighted by molar-refractivity contribution is -0.138. The SMILES string of the molecule is CCC(=O)N[C@@H](C(=O)N1CCC(Oc2ccccc2)CC1)[C@@H](C)c1ccc(NC(=O)[C@H](C2CCC(C)CC2)N(C=O)c2ccnn2CC)c(F)c1. The third-order valence-electron chi connectivity index (χ3n) is 10.4. The lowest BCUT2D eigenvalue weighted by Crippen LogP contribution is -2.53. The van der Waals surface area contributed by atoms with E-state index in [4.69, 9.17) is 4.74 Å². The lowest BCUT2D eigenvalue weighted by atomic mass is 9.78. The number of rotatable bonds is 14. The minimum Gasteiger partial charge on any atom is -0.490 e. The molecule has 0 unspecified atom stereocenters. The Labute approximate surface area is 299 Å². The zero-order valence-electron chi connectivity index (χ0n) is 30.1. The molecule has 2 fully saturated rings. The van der Waals surface area contributed by atoms with E-state index in [-0.39, 0.29) is 35.9 Å². The van der Waals surface area contributed by atoms with Gasteiger partial charge in [-0.3, -0.25) is 24.1 Å². The number of carbonyl (C=O) groups excluding carboxylic acids is 4. The minimum atomic E-state index is -0.911. The summed E-state index contributed by atoms with van der Waals surface area (Å²) in [5.41, 5.74) is 0.475. The van der Waals surface area contributed by atoms with Gasteiger partial charge in [-0.25, -0.2) is 9.07 Å². The van der Waals surface area contributed by atoms with Crippen LogP contribution in [0.15, 0.2) is 60.8 Å². The van der Waals surface area contributed by atoms with Gasteiger partial charge in [0.25, 0.3) is 0 Å². The number of aryl methyl sites for hydroxylation is 1.